The number of hydrogen-bond acceptors (Lipinski definition) is 4. The molecule has 1 aliphatic heterocycles. The molecule has 1 heterocycles. The lowest BCUT2D eigenvalue weighted by atomic mass is 10.2. The Balaban J connectivity index is 1.53. The summed E-state index contributed by atoms with van der Waals surface area (Å²) in [4.78, 5) is 26.3. The molecule has 2 aromatic carbocycles. The third-order valence-electron chi connectivity index (χ3n) is 4.70. The maximum Gasteiger partial charge on any atom is 0.471 e. The minimum atomic E-state index is -4.86. The number of thiocarbonyl (C=S) groups is 1. The monoisotopic (exact) mass is 504 g/mol. The molecule has 0 bridgehead atoms. The molecule has 0 aliphatic carbocycles. The molecule has 1 aliphatic rings. The summed E-state index contributed by atoms with van der Waals surface area (Å²) >= 11 is 17.0. The Kier molecular flexibility index (Phi) is 7.47. The summed E-state index contributed by atoms with van der Waals surface area (Å²) in [6.07, 6.45) is -4.86. The molecule has 0 atom stereocenters. The van der Waals surface area contributed by atoms with Gasteiger partial charge in [-0.1, -0.05) is 23.2 Å². The molecule has 12 heteroatoms. The molecular formula is C20H17Cl2F3N4O2S. The zero-order valence-corrected chi connectivity index (χ0v) is 18.7. The van der Waals surface area contributed by atoms with E-state index in [9.17, 15) is 22.8 Å². The van der Waals surface area contributed by atoms with E-state index in [-0.39, 0.29) is 41.9 Å². The van der Waals surface area contributed by atoms with Gasteiger partial charge in [0.15, 0.2) is 5.11 Å². The summed E-state index contributed by atoms with van der Waals surface area (Å²) in [6.45, 7) is 0.541. The van der Waals surface area contributed by atoms with Crippen molar-refractivity contribution in [3.63, 3.8) is 0 Å². The summed E-state index contributed by atoms with van der Waals surface area (Å²) < 4.78 is 37.7. The van der Waals surface area contributed by atoms with Crippen molar-refractivity contribution in [3.8, 4) is 0 Å². The number of benzene rings is 2. The Hall–Kier alpha value is -2.56. The van der Waals surface area contributed by atoms with E-state index in [0.717, 1.165) is 10.6 Å². The van der Waals surface area contributed by atoms with Gasteiger partial charge in [0.2, 0.25) is 0 Å². The molecule has 3 rings (SSSR count). The molecular weight excluding hydrogens is 488 g/mol. The van der Waals surface area contributed by atoms with Crippen molar-refractivity contribution in [2.45, 2.75) is 6.18 Å². The second kappa shape index (κ2) is 9.93. The van der Waals surface area contributed by atoms with E-state index in [4.69, 9.17) is 35.4 Å². The van der Waals surface area contributed by atoms with Crippen LogP contribution >= 0.6 is 35.4 Å². The second-order valence-electron chi connectivity index (χ2n) is 6.86. The molecule has 1 saturated heterocycles. The molecule has 170 valence electrons. The van der Waals surface area contributed by atoms with Crippen LogP contribution in [0, 0.1) is 0 Å². The molecule has 2 aromatic rings. The molecule has 2 N–H and O–H groups in total. The average molecular weight is 505 g/mol. The number of carbonyl (C=O) groups is 2. The van der Waals surface area contributed by atoms with Gasteiger partial charge in [-0.25, -0.2) is 0 Å². The number of rotatable bonds is 3. The van der Waals surface area contributed by atoms with E-state index in [1.54, 1.807) is 24.3 Å². The first-order valence-electron chi connectivity index (χ1n) is 9.33. The fourth-order valence-electron chi connectivity index (χ4n) is 3.11. The van der Waals surface area contributed by atoms with Crippen molar-refractivity contribution in [2.75, 3.05) is 36.4 Å². The maximum atomic E-state index is 12.6. The molecule has 1 fully saturated rings. The topological polar surface area (TPSA) is 64.7 Å². The standard InChI is InChI=1S/C20H17Cl2F3N4O2S/c21-12-1-6-15(16(22)11-12)17(30)27-19(32)26-13-2-4-14(5-3-13)28-7-9-29(10-8-28)18(31)20(23,24)25/h1-6,11H,7-10H2,(H2,26,27,30,32). The molecule has 0 saturated carbocycles. The van der Waals surface area contributed by atoms with Gasteiger partial charge in [0.25, 0.3) is 5.91 Å². The first-order chi connectivity index (χ1) is 15.0. The van der Waals surface area contributed by atoms with Gasteiger partial charge in [-0.15, -0.1) is 0 Å². The van der Waals surface area contributed by atoms with E-state index < -0.39 is 18.0 Å². The van der Waals surface area contributed by atoms with Crippen LogP contribution in [-0.4, -0.2) is 54.2 Å². The number of carbonyl (C=O) groups excluding carboxylic acids is 2. The molecule has 6 nitrogen and oxygen atoms in total. The quantitative estimate of drug-likeness (QED) is 0.609. The van der Waals surface area contributed by atoms with Crippen LogP contribution in [0.3, 0.4) is 0 Å². The van der Waals surface area contributed by atoms with Crippen molar-refractivity contribution >= 4 is 63.7 Å². The van der Waals surface area contributed by atoms with Crippen LogP contribution in [0.2, 0.25) is 10.0 Å². The van der Waals surface area contributed by atoms with Gasteiger partial charge in [-0.2, -0.15) is 13.2 Å². The highest BCUT2D eigenvalue weighted by Gasteiger charge is 2.43. The number of alkyl halides is 3. The van der Waals surface area contributed by atoms with Gasteiger partial charge < -0.3 is 15.1 Å². The number of halogens is 5. The van der Waals surface area contributed by atoms with Crippen molar-refractivity contribution in [2.24, 2.45) is 0 Å². The SMILES string of the molecule is O=C(NC(=S)Nc1ccc(N2CCN(C(=O)C(F)(F)F)CC2)cc1)c1ccc(Cl)cc1Cl. The Morgan fingerprint density at radius 1 is 0.969 bits per heavy atom. The number of anilines is 2. The van der Waals surface area contributed by atoms with Gasteiger partial charge in [-0.3, -0.25) is 14.9 Å². The van der Waals surface area contributed by atoms with Crippen LogP contribution in [-0.2, 0) is 4.79 Å². The highest BCUT2D eigenvalue weighted by atomic mass is 35.5. The van der Waals surface area contributed by atoms with Crippen LogP contribution in [0.15, 0.2) is 42.5 Å². The van der Waals surface area contributed by atoms with Crippen LogP contribution in [0.4, 0.5) is 24.5 Å². The summed E-state index contributed by atoms with van der Waals surface area (Å²) in [6, 6.07) is 11.4. The lowest BCUT2D eigenvalue weighted by Gasteiger charge is -2.36. The summed E-state index contributed by atoms with van der Waals surface area (Å²) in [5.41, 5.74) is 1.61. The minimum absolute atomic E-state index is 0.0122. The number of nitrogens with one attached hydrogen (secondary N) is 2. The van der Waals surface area contributed by atoms with Gasteiger partial charge in [0.05, 0.1) is 10.6 Å². The lowest BCUT2D eigenvalue weighted by molar-refractivity contribution is -0.185. The molecule has 0 aromatic heterocycles. The average Bonchev–Trinajstić information content (AvgIpc) is 2.73. The predicted molar refractivity (Wildman–Crippen MR) is 121 cm³/mol. The molecule has 32 heavy (non-hydrogen) atoms. The summed E-state index contributed by atoms with van der Waals surface area (Å²) in [5.74, 6) is -2.31. The predicted octanol–water partition coefficient (Wildman–Crippen LogP) is 4.33. The van der Waals surface area contributed by atoms with E-state index in [0.29, 0.717) is 10.7 Å². The van der Waals surface area contributed by atoms with E-state index in [1.807, 2.05) is 4.90 Å². The highest BCUT2D eigenvalue weighted by Crippen LogP contribution is 2.23. The first-order valence-corrected chi connectivity index (χ1v) is 10.5. The van der Waals surface area contributed by atoms with Gasteiger partial charge >= 0.3 is 12.1 Å². The first kappa shape index (κ1) is 24.1. The molecule has 0 radical (unpaired) electrons. The normalized spacial score (nSPS) is 14.2. The van der Waals surface area contributed by atoms with E-state index in [1.165, 1.54) is 18.2 Å². The largest absolute Gasteiger partial charge is 0.471 e. The molecule has 0 unspecified atom stereocenters. The van der Waals surface area contributed by atoms with Crippen molar-refractivity contribution in [3.05, 3.63) is 58.1 Å². The Bertz CT molecular complexity index is 1030. The molecule has 2 amide bonds. The number of piperazine rings is 1. The zero-order valence-electron chi connectivity index (χ0n) is 16.4. The minimum Gasteiger partial charge on any atom is -0.368 e. The van der Waals surface area contributed by atoms with Crippen molar-refractivity contribution < 1.29 is 22.8 Å². The Labute approximate surface area is 197 Å². The van der Waals surface area contributed by atoms with Gasteiger partial charge in [0.1, 0.15) is 0 Å². The van der Waals surface area contributed by atoms with Gasteiger partial charge in [-0.05, 0) is 54.7 Å². The summed E-state index contributed by atoms with van der Waals surface area (Å²) in [7, 11) is 0. The van der Waals surface area contributed by atoms with Gasteiger partial charge in [0, 0.05) is 42.6 Å². The number of nitrogens with zero attached hydrogens (tertiary/aromatic N) is 2. The van der Waals surface area contributed by atoms with Crippen LogP contribution < -0.4 is 15.5 Å². The summed E-state index contributed by atoms with van der Waals surface area (Å²) in [5, 5.41) is 6.06. The lowest BCUT2D eigenvalue weighted by Crippen LogP contribution is -2.52. The third-order valence-corrected chi connectivity index (χ3v) is 5.45. The van der Waals surface area contributed by atoms with Crippen LogP contribution in [0.5, 0.6) is 0 Å². The Morgan fingerprint density at radius 3 is 2.16 bits per heavy atom. The number of hydrogen-bond donors (Lipinski definition) is 2. The van der Waals surface area contributed by atoms with Crippen molar-refractivity contribution in [1.82, 2.24) is 10.2 Å². The fourth-order valence-corrected chi connectivity index (χ4v) is 3.81. The maximum absolute atomic E-state index is 12.6. The highest BCUT2D eigenvalue weighted by molar-refractivity contribution is 7.80. The van der Waals surface area contributed by atoms with E-state index in [2.05, 4.69) is 10.6 Å². The zero-order chi connectivity index (χ0) is 23.5. The fraction of sp³-hybridized carbons (Fsp3) is 0.250. The van der Waals surface area contributed by atoms with Crippen LogP contribution in [0.1, 0.15) is 10.4 Å². The van der Waals surface area contributed by atoms with E-state index >= 15 is 0 Å². The molecule has 0 spiro atoms. The smallest absolute Gasteiger partial charge is 0.368 e. The van der Waals surface area contributed by atoms with Crippen molar-refractivity contribution in [1.29, 1.82) is 0 Å². The number of amides is 2. The second-order valence-corrected chi connectivity index (χ2v) is 8.11. The van der Waals surface area contributed by atoms with Crippen LogP contribution in [0.25, 0.3) is 0 Å². The Morgan fingerprint density at radius 2 is 1.59 bits per heavy atom. The third kappa shape index (κ3) is 6.02.